The van der Waals surface area contributed by atoms with Gasteiger partial charge in [-0.3, -0.25) is 14.5 Å². The molecule has 0 spiro atoms. The maximum Gasteiger partial charge on any atom is 0.279 e. The molecule has 1 aliphatic carbocycles. The Bertz CT molecular complexity index is 1470. The van der Waals surface area contributed by atoms with Crippen molar-refractivity contribution in [2.24, 2.45) is 16.0 Å². The Hall–Kier alpha value is -3.81. The summed E-state index contributed by atoms with van der Waals surface area (Å²) in [6, 6.07) is 17.1. The first-order valence-electron chi connectivity index (χ1n) is 13.3. The lowest BCUT2D eigenvalue weighted by molar-refractivity contribution is -0.134. The summed E-state index contributed by atoms with van der Waals surface area (Å²) in [5.41, 5.74) is 4.18. The van der Waals surface area contributed by atoms with Crippen LogP contribution in [0.5, 0.6) is 5.75 Å². The van der Waals surface area contributed by atoms with E-state index >= 15 is 0 Å². The van der Waals surface area contributed by atoms with E-state index in [0.29, 0.717) is 34.2 Å². The van der Waals surface area contributed by atoms with Crippen LogP contribution in [0, 0.1) is 5.92 Å². The predicted octanol–water partition coefficient (Wildman–Crippen LogP) is 5.16. The summed E-state index contributed by atoms with van der Waals surface area (Å²) in [7, 11) is 1.62. The number of amides is 2. The second-order valence-corrected chi connectivity index (χ2v) is 10.5. The number of dihydropyridines is 1. The molecule has 7 nitrogen and oxygen atoms in total. The van der Waals surface area contributed by atoms with Crippen LogP contribution in [-0.2, 0) is 9.59 Å². The summed E-state index contributed by atoms with van der Waals surface area (Å²) in [5, 5.41) is 7.01. The first-order chi connectivity index (χ1) is 19.0. The van der Waals surface area contributed by atoms with Gasteiger partial charge in [0.15, 0.2) is 0 Å². The Morgan fingerprint density at radius 3 is 2.56 bits per heavy atom. The van der Waals surface area contributed by atoms with Crippen molar-refractivity contribution in [1.82, 2.24) is 9.91 Å². The van der Waals surface area contributed by atoms with E-state index in [1.165, 1.54) is 0 Å². The molecule has 0 N–H and O–H groups in total. The van der Waals surface area contributed by atoms with Crippen LogP contribution in [0.15, 0.2) is 93.5 Å². The predicted molar refractivity (Wildman–Crippen MR) is 153 cm³/mol. The third-order valence-corrected chi connectivity index (χ3v) is 7.93. The molecule has 2 aromatic carbocycles. The number of hydrazone groups is 1. The molecular weight excluding hydrogens is 512 g/mol. The quantitative estimate of drug-likeness (QED) is 0.507. The summed E-state index contributed by atoms with van der Waals surface area (Å²) >= 11 is 6.43. The highest BCUT2D eigenvalue weighted by Gasteiger charge is 2.41. The van der Waals surface area contributed by atoms with Gasteiger partial charge >= 0.3 is 0 Å². The molecule has 4 aliphatic rings. The van der Waals surface area contributed by atoms with E-state index in [0.717, 1.165) is 42.6 Å². The molecule has 0 bridgehead atoms. The molecule has 6 rings (SSSR count). The number of methoxy groups -OCH3 is 1. The number of carbonyl (C=O) groups is 2. The van der Waals surface area contributed by atoms with Crippen LogP contribution in [0.2, 0.25) is 0 Å². The molecular formula is C31H29ClN4O3. The van der Waals surface area contributed by atoms with Gasteiger partial charge in [0.2, 0.25) is 0 Å². The van der Waals surface area contributed by atoms with Crippen molar-refractivity contribution < 1.29 is 14.3 Å². The zero-order chi connectivity index (χ0) is 26.9. The number of rotatable bonds is 6. The Labute approximate surface area is 232 Å². The first-order valence-corrected chi connectivity index (χ1v) is 13.6. The highest BCUT2D eigenvalue weighted by Crippen LogP contribution is 2.42. The Kier molecular flexibility index (Phi) is 7.02. The molecule has 2 atom stereocenters. The molecule has 8 heteroatoms. The fourth-order valence-corrected chi connectivity index (χ4v) is 6.04. The summed E-state index contributed by atoms with van der Waals surface area (Å²) in [5.74, 6) is -0.0693. The number of likely N-dealkylation sites (tertiary alicyclic amines) is 1. The van der Waals surface area contributed by atoms with Crippen LogP contribution in [-0.4, -0.2) is 59.9 Å². The van der Waals surface area contributed by atoms with Gasteiger partial charge in [-0.15, -0.1) is 0 Å². The van der Waals surface area contributed by atoms with Crippen molar-refractivity contribution in [3.05, 3.63) is 94.6 Å². The van der Waals surface area contributed by atoms with Crippen molar-refractivity contribution in [3.8, 4) is 5.75 Å². The van der Waals surface area contributed by atoms with Crippen molar-refractivity contribution in [2.75, 3.05) is 26.7 Å². The van der Waals surface area contributed by atoms with E-state index in [1.54, 1.807) is 24.3 Å². The van der Waals surface area contributed by atoms with Crippen molar-refractivity contribution >= 4 is 40.4 Å². The number of ether oxygens (including phenoxy) is 1. The molecule has 198 valence electrons. The number of aliphatic imine (C=N–C) groups is 1. The number of allylic oxidation sites excluding steroid dienone is 5. The number of fused-ring (bicyclic) bond motifs is 1. The monoisotopic (exact) mass is 540 g/mol. The number of carbonyl (C=O) groups excluding carboxylic acids is 2. The maximum atomic E-state index is 13.7. The molecule has 2 aromatic rings. The Balaban J connectivity index is 1.47. The lowest BCUT2D eigenvalue weighted by atomic mass is 9.79. The Morgan fingerprint density at radius 2 is 1.79 bits per heavy atom. The van der Waals surface area contributed by atoms with Crippen molar-refractivity contribution in [1.29, 1.82) is 0 Å². The summed E-state index contributed by atoms with van der Waals surface area (Å²) < 4.78 is 5.66. The largest absolute Gasteiger partial charge is 0.496 e. The molecule has 3 heterocycles. The second kappa shape index (κ2) is 10.8. The van der Waals surface area contributed by atoms with Gasteiger partial charge < -0.3 is 4.74 Å². The summed E-state index contributed by atoms with van der Waals surface area (Å²) in [4.78, 5) is 34.0. The molecule has 3 aliphatic heterocycles. The van der Waals surface area contributed by atoms with Crippen LogP contribution < -0.4 is 4.74 Å². The van der Waals surface area contributed by atoms with Gasteiger partial charge in [0.1, 0.15) is 5.75 Å². The van der Waals surface area contributed by atoms with Crippen LogP contribution >= 0.6 is 11.6 Å². The van der Waals surface area contributed by atoms with Crippen molar-refractivity contribution in [2.45, 2.75) is 25.3 Å². The Morgan fingerprint density at radius 1 is 1.05 bits per heavy atom. The van der Waals surface area contributed by atoms with E-state index < -0.39 is 6.04 Å². The zero-order valence-corrected chi connectivity index (χ0v) is 22.5. The molecule has 2 unspecified atom stereocenters. The highest BCUT2D eigenvalue weighted by molar-refractivity contribution is 6.36. The second-order valence-electron chi connectivity index (χ2n) is 10.1. The molecule has 1 saturated heterocycles. The normalized spacial score (nSPS) is 23.0. The van der Waals surface area contributed by atoms with Gasteiger partial charge in [-0.1, -0.05) is 66.2 Å². The van der Waals surface area contributed by atoms with Gasteiger partial charge in [0.05, 0.1) is 36.7 Å². The number of halogens is 1. The molecule has 39 heavy (non-hydrogen) atoms. The molecule has 1 fully saturated rings. The minimum Gasteiger partial charge on any atom is -0.496 e. The van der Waals surface area contributed by atoms with Crippen LogP contribution in [0.1, 0.15) is 36.4 Å². The lowest BCUT2D eigenvalue weighted by Crippen LogP contribution is -2.37. The highest BCUT2D eigenvalue weighted by atomic mass is 35.5. The third-order valence-electron chi connectivity index (χ3n) is 7.68. The van der Waals surface area contributed by atoms with E-state index in [2.05, 4.69) is 9.89 Å². The fourth-order valence-electron chi connectivity index (χ4n) is 5.85. The van der Waals surface area contributed by atoms with Crippen LogP contribution in [0.25, 0.3) is 5.57 Å². The number of nitrogens with zero attached hydrogens (tertiary/aromatic N) is 4. The minimum atomic E-state index is -0.403. The van der Waals surface area contributed by atoms with E-state index in [-0.39, 0.29) is 24.3 Å². The topological polar surface area (TPSA) is 74.6 Å². The number of hydrogen-bond donors (Lipinski definition) is 0. The SMILES string of the molecule is COc1ccccc1C1CC(C2=C(c3ccccc3)C3C=C(Cl)C=CC3=NC2=O)=NN1C(=O)CN1CCCC1. The lowest BCUT2D eigenvalue weighted by Gasteiger charge is -2.27. The van der Waals surface area contributed by atoms with Gasteiger partial charge in [0, 0.05) is 22.9 Å². The molecule has 0 aromatic heterocycles. The van der Waals surface area contributed by atoms with Crippen molar-refractivity contribution in [3.63, 3.8) is 0 Å². The van der Waals surface area contributed by atoms with Gasteiger partial charge in [-0.2, -0.15) is 5.10 Å². The van der Waals surface area contributed by atoms with E-state index in [4.69, 9.17) is 21.4 Å². The fraction of sp³-hybridized carbons (Fsp3) is 0.290. The van der Waals surface area contributed by atoms with E-state index in [1.807, 2.05) is 60.7 Å². The van der Waals surface area contributed by atoms with Gasteiger partial charge in [-0.05, 0) is 55.3 Å². The molecule has 2 amide bonds. The van der Waals surface area contributed by atoms with Gasteiger partial charge in [0.25, 0.3) is 11.8 Å². The first kappa shape index (κ1) is 25.5. The number of para-hydroxylation sites is 1. The minimum absolute atomic E-state index is 0.0966. The molecule has 0 radical (unpaired) electrons. The number of benzene rings is 2. The van der Waals surface area contributed by atoms with Gasteiger partial charge in [-0.25, -0.2) is 10.0 Å². The third kappa shape index (κ3) is 4.88. The van der Waals surface area contributed by atoms with Crippen LogP contribution in [0.4, 0.5) is 0 Å². The maximum absolute atomic E-state index is 13.7. The smallest absolute Gasteiger partial charge is 0.279 e. The number of hydrogen-bond acceptors (Lipinski definition) is 5. The average molecular weight is 541 g/mol. The standard InChI is InChI=1S/C31H29ClN4O3/c1-39-27-12-6-5-11-22(27)26-18-25(34-36(26)28(37)19-35-15-7-8-16-35)30-29(20-9-3-2-4-10-20)23-17-21(32)13-14-24(23)33-31(30)38/h2-6,9-14,17,23,26H,7-8,15-16,18-19H2,1H3. The zero-order valence-electron chi connectivity index (χ0n) is 21.7. The average Bonchev–Trinajstić information content (AvgIpc) is 3.63. The van der Waals surface area contributed by atoms with Crippen LogP contribution in [0.3, 0.4) is 0 Å². The summed E-state index contributed by atoms with van der Waals surface area (Å²) in [6.07, 6.45) is 8.01. The summed E-state index contributed by atoms with van der Waals surface area (Å²) in [6.45, 7) is 2.09. The van der Waals surface area contributed by atoms with E-state index in [9.17, 15) is 9.59 Å². The molecule has 0 saturated carbocycles.